The summed E-state index contributed by atoms with van der Waals surface area (Å²) in [6, 6.07) is 8.11. The van der Waals surface area contributed by atoms with Crippen LogP contribution in [0.25, 0.3) is 10.2 Å². The predicted molar refractivity (Wildman–Crippen MR) is 86.1 cm³/mol. The Hall–Kier alpha value is -2.21. The molecule has 4 heterocycles. The van der Waals surface area contributed by atoms with Crippen LogP contribution in [-0.4, -0.2) is 41.1 Å². The number of hydrogen-bond acceptors (Lipinski definition) is 6. The Morgan fingerprint density at radius 2 is 1.76 bits per heavy atom. The first-order chi connectivity index (χ1) is 10.4. The fraction of sp³-hybridized carbons (Fsp3) is 0.267. The molecule has 21 heavy (non-hydrogen) atoms. The van der Waals surface area contributed by atoms with Gasteiger partial charge < -0.3 is 9.80 Å². The van der Waals surface area contributed by atoms with Gasteiger partial charge in [-0.15, -0.1) is 11.3 Å². The fourth-order valence-electron chi connectivity index (χ4n) is 2.69. The van der Waals surface area contributed by atoms with E-state index in [0.717, 1.165) is 43.3 Å². The maximum atomic E-state index is 4.49. The molecule has 1 fully saturated rings. The highest BCUT2D eigenvalue weighted by atomic mass is 32.1. The molecule has 3 aromatic heterocycles. The van der Waals surface area contributed by atoms with Crippen molar-refractivity contribution in [2.24, 2.45) is 0 Å². The summed E-state index contributed by atoms with van der Waals surface area (Å²) in [6.45, 7) is 3.85. The Kier molecular flexibility index (Phi) is 3.16. The van der Waals surface area contributed by atoms with E-state index in [1.807, 2.05) is 18.3 Å². The highest BCUT2D eigenvalue weighted by molar-refractivity contribution is 7.17. The van der Waals surface area contributed by atoms with E-state index in [0.29, 0.717) is 0 Å². The zero-order valence-electron chi connectivity index (χ0n) is 11.5. The van der Waals surface area contributed by atoms with Crippen molar-refractivity contribution in [2.75, 3.05) is 36.0 Å². The number of piperazine rings is 1. The molecule has 0 atom stereocenters. The van der Waals surface area contributed by atoms with Crippen LogP contribution >= 0.6 is 11.3 Å². The first-order valence-corrected chi connectivity index (χ1v) is 7.89. The second kappa shape index (κ2) is 5.29. The molecule has 0 bridgehead atoms. The van der Waals surface area contributed by atoms with Crippen molar-refractivity contribution in [1.29, 1.82) is 0 Å². The van der Waals surface area contributed by atoms with Crippen LogP contribution in [0.2, 0.25) is 0 Å². The molecule has 3 aromatic rings. The highest BCUT2D eigenvalue weighted by Gasteiger charge is 2.20. The smallest absolute Gasteiger partial charge is 0.150 e. The van der Waals surface area contributed by atoms with Gasteiger partial charge in [-0.05, 0) is 23.6 Å². The van der Waals surface area contributed by atoms with Gasteiger partial charge in [-0.1, -0.05) is 6.07 Å². The third-order valence-electron chi connectivity index (χ3n) is 3.78. The predicted octanol–water partition coefficient (Wildman–Crippen LogP) is 2.41. The normalized spacial score (nSPS) is 15.6. The third-order valence-corrected chi connectivity index (χ3v) is 4.68. The van der Waals surface area contributed by atoms with Crippen LogP contribution in [0, 0.1) is 0 Å². The molecule has 6 heteroatoms. The molecule has 0 saturated carbocycles. The van der Waals surface area contributed by atoms with Crippen LogP contribution in [0.15, 0.2) is 42.2 Å². The first kappa shape index (κ1) is 12.5. The summed E-state index contributed by atoms with van der Waals surface area (Å²) in [4.78, 5) is 17.9. The zero-order valence-corrected chi connectivity index (χ0v) is 12.3. The van der Waals surface area contributed by atoms with Gasteiger partial charge in [-0.25, -0.2) is 15.0 Å². The van der Waals surface area contributed by atoms with Crippen LogP contribution in [-0.2, 0) is 0 Å². The van der Waals surface area contributed by atoms with E-state index in [-0.39, 0.29) is 0 Å². The molecular formula is C15H15N5S. The molecule has 1 aliphatic rings. The molecule has 0 spiro atoms. The quantitative estimate of drug-likeness (QED) is 0.727. The number of thiophene rings is 1. The molecule has 0 aliphatic carbocycles. The standard InChI is InChI=1S/C15H15N5S/c1-2-5-16-13(3-1)19-6-8-20(9-7-19)15-14-12(4-10-21-14)17-11-18-15/h1-5,10-11H,6-9H2. The van der Waals surface area contributed by atoms with Crippen LogP contribution in [0.1, 0.15) is 0 Å². The van der Waals surface area contributed by atoms with Crippen molar-refractivity contribution in [1.82, 2.24) is 15.0 Å². The van der Waals surface area contributed by atoms with Crippen molar-refractivity contribution in [2.45, 2.75) is 0 Å². The van der Waals surface area contributed by atoms with Gasteiger partial charge in [0.15, 0.2) is 0 Å². The molecule has 1 aliphatic heterocycles. The van der Waals surface area contributed by atoms with Crippen molar-refractivity contribution < 1.29 is 0 Å². The third kappa shape index (κ3) is 2.31. The number of hydrogen-bond donors (Lipinski definition) is 0. The largest absolute Gasteiger partial charge is 0.353 e. The summed E-state index contributed by atoms with van der Waals surface area (Å²) in [6.07, 6.45) is 3.51. The average Bonchev–Trinajstić information content (AvgIpc) is 3.04. The number of anilines is 2. The Labute approximate surface area is 126 Å². The maximum absolute atomic E-state index is 4.49. The van der Waals surface area contributed by atoms with Gasteiger partial charge in [0, 0.05) is 32.4 Å². The minimum atomic E-state index is 0.959. The maximum Gasteiger partial charge on any atom is 0.150 e. The van der Waals surface area contributed by atoms with Crippen molar-refractivity contribution in [3.63, 3.8) is 0 Å². The van der Waals surface area contributed by atoms with E-state index in [1.54, 1.807) is 17.7 Å². The summed E-state index contributed by atoms with van der Waals surface area (Å²) in [5.74, 6) is 2.12. The van der Waals surface area contributed by atoms with Crippen LogP contribution in [0.5, 0.6) is 0 Å². The van der Waals surface area contributed by atoms with E-state index < -0.39 is 0 Å². The van der Waals surface area contributed by atoms with E-state index in [2.05, 4.69) is 42.3 Å². The Morgan fingerprint density at radius 3 is 2.57 bits per heavy atom. The lowest BCUT2D eigenvalue weighted by atomic mass is 10.3. The molecule has 5 nitrogen and oxygen atoms in total. The molecule has 0 unspecified atom stereocenters. The lowest BCUT2D eigenvalue weighted by molar-refractivity contribution is 0.643. The van der Waals surface area contributed by atoms with Gasteiger partial charge in [0.05, 0.1) is 10.2 Å². The molecule has 4 rings (SSSR count). The Morgan fingerprint density at radius 1 is 0.905 bits per heavy atom. The van der Waals surface area contributed by atoms with Crippen LogP contribution in [0.4, 0.5) is 11.6 Å². The van der Waals surface area contributed by atoms with Gasteiger partial charge in [0.25, 0.3) is 0 Å². The summed E-state index contributed by atoms with van der Waals surface area (Å²) in [5, 5.41) is 2.08. The minimum Gasteiger partial charge on any atom is -0.353 e. The number of pyridine rings is 1. The number of rotatable bonds is 2. The Bertz CT molecular complexity index is 734. The van der Waals surface area contributed by atoms with E-state index in [1.165, 1.54) is 4.70 Å². The van der Waals surface area contributed by atoms with E-state index in [9.17, 15) is 0 Å². The van der Waals surface area contributed by atoms with Crippen molar-refractivity contribution >= 4 is 33.2 Å². The first-order valence-electron chi connectivity index (χ1n) is 7.01. The minimum absolute atomic E-state index is 0.959. The lowest BCUT2D eigenvalue weighted by Gasteiger charge is -2.36. The summed E-state index contributed by atoms with van der Waals surface area (Å²) < 4.78 is 1.18. The molecular weight excluding hydrogens is 282 g/mol. The SMILES string of the molecule is c1ccc(N2CCN(c3ncnc4ccsc34)CC2)nc1. The lowest BCUT2D eigenvalue weighted by Crippen LogP contribution is -2.47. The second-order valence-electron chi connectivity index (χ2n) is 4.99. The van der Waals surface area contributed by atoms with Crippen LogP contribution < -0.4 is 9.80 Å². The van der Waals surface area contributed by atoms with Gasteiger partial charge in [-0.3, -0.25) is 0 Å². The van der Waals surface area contributed by atoms with E-state index in [4.69, 9.17) is 0 Å². The van der Waals surface area contributed by atoms with Crippen molar-refractivity contribution in [3.05, 3.63) is 42.2 Å². The van der Waals surface area contributed by atoms with Gasteiger partial charge in [0.2, 0.25) is 0 Å². The number of fused-ring (bicyclic) bond motifs is 1. The Balaban J connectivity index is 1.54. The average molecular weight is 297 g/mol. The fourth-order valence-corrected chi connectivity index (χ4v) is 3.55. The molecule has 0 amide bonds. The van der Waals surface area contributed by atoms with E-state index >= 15 is 0 Å². The molecule has 1 saturated heterocycles. The zero-order chi connectivity index (χ0) is 14.1. The summed E-state index contributed by atoms with van der Waals surface area (Å²) >= 11 is 1.71. The molecule has 106 valence electrons. The van der Waals surface area contributed by atoms with Crippen molar-refractivity contribution in [3.8, 4) is 0 Å². The second-order valence-corrected chi connectivity index (χ2v) is 5.91. The van der Waals surface area contributed by atoms with Gasteiger partial charge in [0.1, 0.15) is 18.0 Å². The number of aromatic nitrogens is 3. The highest BCUT2D eigenvalue weighted by Crippen LogP contribution is 2.28. The topological polar surface area (TPSA) is 45.2 Å². The molecule has 0 radical (unpaired) electrons. The summed E-state index contributed by atoms with van der Waals surface area (Å²) in [5.41, 5.74) is 1.04. The van der Waals surface area contributed by atoms with Gasteiger partial charge in [-0.2, -0.15) is 0 Å². The summed E-state index contributed by atoms with van der Waals surface area (Å²) in [7, 11) is 0. The molecule has 0 aromatic carbocycles. The van der Waals surface area contributed by atoms with Gasteiger partial charge >= 0.3 is 0 Å². The number of nitrogens with zero attached hydrogens (tertiary/aromatic N) is 5. The monoisotopic (exact) mass is 297 g/mol. The molecule has 0 N–H and O–H groups in total. The van der Waals surface area contributed by atoms with Crippen LogP contribution in [0.3, 0.4) is 0 Å².